The van der Waals surface area contributed by atoms with Gasteiger partial charge in [-0.15, -0.1) is 5.92 Å². The number of ether oxygens (including phenoxy) is 1. The molecule has 4 N–H and O–H groups in total. The fourth-order valence-electron chi connectivity index (χ4n) is 2.67. The summed E-state index contributed by atoms with van der Waals surface area (Å²) in [4.78, 5) is 12.5. The number of carbonyl (C=O) groups is 1. The number of hydrogen-bond donors (Lipinski definition) is 3. The quantitative estimate of drug-likeness (QED) is 0.423. The first-order valence-corrected chi connectivity index (χ1v) is 11.0. The smallest absolute Gasteiger partial charge is 0.276 e. The highest BCUT2D eigenvalue weighted by atomic mass is 32.2. The third-order valence-electron chi connectivity index (χ3n) is 4.06. The Morgan fingerprint density at radius 1 is 1.41 bits per heavy atom. The molecule has 2 aromatic rings. The number of nitrogens with one attached hydrogen (secondary N) is 1. The number of amides is 1. The number of unbranched alkanes of at least 4 members (excludes halogenated alkanes) is 1. The van der Waals surface area contributed by atoms with E-state index >= 15 is 0 Å². The summed E-state index contributed by atoms with van der Waals surface area (Å²) in [5.41, 5.74) is -1.37. The fraction of sp³-hybridized carbons (Fsp3) is 0.333. The number of sulfonamides is 1. The van der Waals surface area contributed by atoms with Crippen molar-refractivity contribution in [2.45, 2.75) is 37.2 Å². The molecule has 0 saturated carbocycles. The minimum atomic E-state index is -4.20. The lowest BCUT2D eigenvalue weighted by atomic mass is 10.1. The van der Waals surface area contributed by atoms with Gasteiger partial charge in [0.1, 0.15) is 22.4 Å². The molecule has 0 unspecified atom stereocenters. The number of benzene rings is 1. The molecule has 11 heteroatoms. The van der Waals surface area contributed by atoms with Crippen LogP contribution in [-0.2, 0) is 17.1 Å². The van der Waals surface area contributed by atoms with Gasteiger partial charge >= 0.3 is 0 Å². The molecule has 0 aliphatic heterocycles. The van der Waals surface area contributed by atoms with Crippen LogP contribution < -0.4 is 15.2 Å². The normalized spacial score (nSPS) is 11.3. The van der Waals surface area contributed by atoms with Crippen LogP contribution in [0.25, 0.3) is 0 Å². The molecule has 9 nitrogen and oxygen atoms in total. The van der Waals surface area contributed by atoms with Crippen molar-refractivity contribution in [1.82, 2.24) is 4.57 Å². The van der Waals surface area contributed by atoms with Gasteiger partial charge in [-0.2, -0.15) is 5.26 Å². The summed E-state index contributed by atoms with van der Waals surface area (Å²) in [6, 6.07) is 5.11. The van der Waals surface area contributed by atoms with E-state index in [4.69, 9.17) is 15.1 Å². The van der Waals surface area contributed by atoms with Crippen molar-refractivity contribution in [3.05, 3.63) is 41.5 Å². The van der Waals surface area contributed by atoms with Crippen molar-refractivity contribution in [3.8, 4) is 23.7 Å². The zero-order chi connectivity index (χ0) is 24.1. The van der Waals surface area contributed by atoms with E-state index in [-0.39, 0.29) is 34.2 Å². The summed E-state index contributed by atoms with van der Waals surface area (Å²) in [5.74, 6) is 3.72. The van der Waals surface area contributed by atoms with Crippen molar-refractivity contribution in [1.29, 1.82) is 5.26 Å². The number of aromatic nitrogens is 1. The van der Waals surface area contributed by atoms with E-state index in [2.05, 4.69) is 17.2 Å². The van der Waals surface area contributed by atoms with E-state index < -0.39 is 27.3 Å². The maximum absolute atomic E-state index is 13.5. The molecule has 0 spiro atoms. The first kappa shape index (κ1) is 24.9. The molecule has 0 saturated heterocycles. The van der Waals surface area contributed by atoms with Crippen molar-refractivity contribution in [2.24, 2.45) is 12.2 Å². The molecule has 0 radical (unpaired) electrons. The fourth-order valence-corrected chi connectivity index (χ4v) is 3.39. The van der Waals surface area contributed by atoms with Crippen LogP contribution in [0.3, 0.4) is 0 Å². The van der Waals surface area contributed by atoms with Crippen molar-refractivity contribution in [2.75, 3.05) is 11.9 Å². The molecule has 1 aromatic carbocycles. The Morgan fingerprint density at radius 2 is 2.09 bits per heavy atom. The maximum Gasteiger partial charge on any atom is 0.276 e. The second kappa shape index (κ2) is 9.83. The average Bonchev–Trinajstić information content (AvgIpc) is 3.01. The molecular weight excluding hydrogens is 439 g/mol. The summed E-state index contributed by atoms with van der Waals surface area (Å²) < 4.78 is 44.3. The number of nitriles is 1. The molecule has 2 rings (SSSR count). The lowest BCUT2D eigenvalue weighted by molar-refractivity contribution is 0.101. The van der Waals surface area contributed by atoms with Crippen LogP contribution in [0.15, 0.2) is 29.3 Å². The first-order chi connectivity index (χ1) is 14.8. The summed E-state index contributed by atoms with van der Waals surface area (Å²) in [5, 5.41) is 26.3. The van der Waals surface area contributed by atoms with Crippen LogP contribution >= 0.6 is 0 Å². The van der Waals surface area contributed by atoms with Gasteiger partial charge in [0.15, 0.2) is 11.4 Å². The Balaban J connectivity index is 2.28. The average molecular weight is 463 g/mol. The van der Waals surface area contributed by atoms with Crippen LogP contribution in [0.4, 0.5) is 10.1 Å². The van der Waals surface area contributed by atoms with Gasteiger partial charge < -0.3 is 19.7 Å². The molecular formula is C21H23FN4O5S. The highest BCUT2D eigenvalue weighted by Gasteiger charge is 2.27. The highest BCUT2D eigenvalue weighted by molar-refractivity contribution is 7.89. The van der Waals surface area contributed by atoms with Gasteiger partial charge in [0.25, 0.3) is 5.91 Å². The number of rotatable bonds is 7. The molecule has 1 aromatic heterocycles. The van der Waals surface area contributed by atoms with Crippen LogP contribution in [0, 0.1) is 29.0 Å². The van der Waals surface area contributed by atoms with E-state index in [1.807, 2.05) is 0 Å². The molecule has 0 fully saturated rings. The molecule has 0 bridgehead atoms. The lowest BCUT2D eigenvalue weighted by Gasteiger charge is -2.11. The van der Waals surface area contributed by atoms with Crippen molar-refractivity contribution < 1.29 is 27.4 Å². The van der Waals surface area contributed by atoms with Gasteiger partial charge in [-0.1, -0.05) is 5.92 Å². The third kappa shape index (κ3) is 6.56. The summed E-state index contributed by atoms with van der Waals surface area (Å²) >= 11 is 0. The molecule has 0 aliphatic carbocycles. The Hall–Kier alpha value is -3.38. The number of aliphatic hydroxyl groups is 1. The lowest BCUT2D eigenvalue weighted by Crippen LogP contribution is -2.18. The number of anilines is 1. The van der Waals surface area contributed by atoms with Crippen LogP contribution in [0.2, 0.25) is 0 Å². The summed E-state index contributed by atoms with van der Waals surface area (Å²) in [6.07, 6.45) is 1.92. The van der Waals surface area contributed by atoms with E-state index in [0.29, 0.717) is 12.8 Å². The standard InChI is InChI=1S/C21H23FN4O5S/c1-21(2,28)9-5-4-6-10-31-19-17(32(24,29)30)13-26(3)18(19)20(27)25-15-7-8-16(22)14(11-15)12-23/h7-8,11,13,28H,4,6,10H2,1-3H3,(H,25,27)(H2,24,29,30). The zero-order valence-corrected chi connectivity index (χ0v) is 18.6. The molecule has 32 heavy (non-hydrogen) atoms. The zero-order valence-electron chi connectivity index (χ0n) is 17.8. The molecule has 0 aliphatic rings. The van der Waals surface area contributed by atoms with E-state index in [1.165, 1.54) is 17.7 Å². The van der Waals surface area contributed by atoms with E-state index in [9.17, 15) is 22.7 Å². The van der Waals surface area contributed by atoms with Gasteiger partial charge in [0, 0.05) is 25.4 Å². The molecule has 1 amide bonds. The number of halogens is 1. The van der Waals surface area contributed by atoms with Gasteiger partial charge in [0.2, 0.25) is 10.0 Å². The molecule has 0 atom stereocenters. The maximum atomic E-state index is 13.5. The summed E-state index contributed by atoms with van der Waals surface area (Å²) in [7, 11) is -2.76. The Morgan fingerprint density at radius 3 is 2.69 bits per heavy atom. The minimum Gasteiger partial charge on any atom is -0.490 e. The van der Waals surface area contributed by atoms with Gasteiger partial charge in [-0.25, -0.2) is 17.9 Å². The largest absolute Gasteiger partial charge is 0.490 e. The van der Waals surface area contributed by atoms with Crippen molar-refractivity contribution in [3.63, 3.8) is 0 Å². The minimum absolute atomic E-state index is 0.0302. The van der Waals surface area contributed by atoms with Crippen LogP contribution in [0.1, 0.15) is 42.7 Å². The second-order valence-electron chi connectivity index (χ2n) is 7.40. The Kier molecular flexibility index (Phi) is 7.65. The first-order valence-electron chi connectivity index (χ1n) is 9.42. The summed E-state index contributed by atoms with van der Waals surface area (Å²) in [6.45, 7) is 3.12. The SMILES string of the molecule is Cn1cc(S(N)(=O)=O)c(OCCCC#CC(C)(C)O)c1C(=O)Nc1ccc(F)c(C#N)c1. The van der Waals surface area contributed by atoms with Gasteiger partial charge in [0.05, 0.1) is 12.2 Å². The number of hydrogen-bond acceptors (Lipinski definition) is 6. The topological polar surface area (TPSA) is 147 Å². The Bertz CT molecular complexity index is 1230. The van der Waals surface area contributed by atoms with Gasteiger partial charge in [-0.05, 0) is 38.5 Å². The molecule has 1 heterocycles. The number of aryl methyl sites for hydroxylation is 1. The Labute approximate surface area is 185 Å². The van der Waals surface area contributed by atoms with E-state index in [1.54, 1.807) is 19.9 Å². The third-order valence-corrected chi connectivity index (χ3v) is 4.96. The van der Waals surface area contributed by atoms with Crippen LogP contribution in [-0.4, -0.2) is 36.2 Å². The highest BCUT2D eigenvalue weighted by Crippen LogP contribution is 2.30. The van der Waals surface area contributed by atoms with Crippen LogP contribution in [0.5, 0.6) is 5.75 Å². The predicted octanol–water partition coefficient (Wildman–Crippen LogP) is 1.87. The second-order valence-corrected chi connectivity index (χ2v) is 8.93. The number of nitrogens with two attached hydrogens (primary N) is 1. The number of primary sulfonamides is 1. The van der Waals surface area contributed by atoms with E-state index in [0.717, 1.165) is 18.3 Å². The monoisotopic (exact) mass is 462 g/mol. The molecule has 170 valence electrons. The predicted molar refractivity (Wildman–Crippen MR) is 115 cm³/mol. The number of nitrogens with zero attached hydrogens (tertiary/aromatic N) is 2. The number of carbonyl (C=O) groups excluding carboxylic acids is 1. The van der Waals surface area contributed by atoms with Gasteiger partial charge in [-0.3, -0.25) is 4.79 Å². The van der Waals surface area contributed by atoms with Crippen molar-refractivity contribution >= 4 is 21.6 Å².